The lowest BCUT2D eigenvalue weighted by atomic mass is 10.0. The first kappa shape index (κ1) is 97.0. The molecule has 0 amide bonds. The zero-order valence-corrected chi connectivity index (χ0v) is 65.3. The third-order valence-corrected chi connectivity index (χ3v) is 18.6. The van der Waals surface area contributed by atoms with Crippen molar-refractivity contribution in [1.29, 1.82) is 0 Å². The van der Waals surface area contributed by atoms with Crippen molar-refractivity contribution in [1.82, 2.24) is 0 Å². The second kappa shape index (κ2) is 75.6. The topological polar surface area (TPSA) is 231 Å². The molecule has 0 aromatic carbocycles. The number of phosphoric ester groups is 2. The lowest BCUT2D eigenvalue weighted by Gasteiger charge is -2.21. The van der Waals surface area contributed by atoms with Gasteiger partial charge < -0.3 is 34.2 Å². The second-order valence-corrected chi connectivity index (χ2v) is 29.4. The van der Waals surface area contributed by atoms with Crippen LogP contribution in [0.4, 0.5) is 0 Å². The average molecular weight is 1460 g/mol. The first-order valence-corrected chi connectivity index (χ1v) is 42.8. The van der Waals surface area contributed by atoms with Crippen molar-refractivity contribution in [2.45, 2.75) is 347 Å². The van der Waals surface area contributed by atoms with E-state index in [1.54, 1.807) is 0 Å². The molecule has 0 radical (unpaired) electrons. The Labute approximate surface area is 614 Å². The molecule has 101 heavy (non-hydrogen) atoms. The second-order valence-electron chi connectivity index (χ2n) is 26.5. The Morgan fingerprint density at radius 1 is 0.287 bits per heavy atom. The molecule has 16 nitrogen and oxygen atoms in total. The molecule has 0 spiro atoms. The van der Waals surface area contributed by atoms with E-state index >= 15 is 0 Å². The molecular formula is C83H144O16P2. The molecule has 0 aliphatic rings. The molecule has 5 unspecified atom stereocenters. The number of carbonyl (C=O) groups excluding carboxylic acids is 3. The van der Waals surface area contributed by atoms with Gasteiger partial charge in [0.2, 0.25) is 0 Å². The highest BCUT2D eigenvalue weighted by Crippen LogP contribution is 2.45. The van der Waals surface area contributed by atoms with Crippen LogP contribution in [-0.2, 0) is 55.8 Å². The third-order valence-electron chi connectivity index (χ3n) is 16.7. The maximum Gasteiger partial charge on any atom is 0.472 e. The fourth-order valence-electron chi connectivity index (χ4n) is 10.6. The van der Waals surface area contributed by atoms with Crippen molar-refractivity contribution in [3.05, 3.63) is 122 Å². The van der Waals surface area contributed by atoms with Crippen molar-refractivity contribution in [3.8, 4) is 0 Å². The number of ether oxygens (including phenoxy) is 3. The Morgan fingerprint density at radius 3 is 0.871 bits per heavy atom. The molecule has 582 valence electrons. The third kappa shape index (κ3) is 76.9. The minimum absolute atomic E-state index is 0.0958. The number of carbonyl (C=O) groups is 3. The van der Waals surface area contributed by atoms with E-state index in [9.17, 15) is 43.5 Å². The molecule has 0 saturated carbocycles. The van der Waals surface area contributed by atoms with Gasteiger partial charge in [-0.25, -0.2) is 9.13 Å². The van der Waals surface area contributed by atoms with Crippen LogP contribution in [0, 0.1) is 0 Å². The molecule has 0 aliphatic heterocycles. The van der Waals surface area contributed by atoms with E-state index < -0.39 is 91.5 Å². The largest absolute Gasteiger partial charge is 0.472 e. The number of allylic oxidation sites excluding steroid dienone is 20. The Balaban J connectivity index is 4.48. The number of esters is 3. The minimum Gasteiger partial charge on any atom is -0.463 e. The van der Waals surface area contributed by atoms with E-state index in [-0.39, 0.29) is 19.3 Å². The van der Waals surface area contributed by atoms with Crippen LogP contribution in [0.1, 0.15) is 329 Å². The number of hydrogen-bond donors (Lipinski definition) is 4. The highest BCUT2D eigenvalue weighted by Gasteiger charge is 2.29. The number of phosphoric acid groups is 2. The van der Waals surface area contributed by atoms with Crippen LogP contribution in [0.3, 0.4) is 0 Å². The molecule has 5 atom stereocenters. The summed E-state index contributed by atoms with van der Waals surface area (Å²) in [4.78, 5) is 58.6. The van der Waals surface area contributed by atoms with Crippen LogP contribution >= 0.6 is 15.6 Å². The maximum absolute atomic E-state index is 12.9. The smallest absolute Gasteiger partial charge is 0.463 e. The Morgan fingerprint density at radius 2 is 0.525 bits per heavy atom. The highest BCUT2D eigenvalue weighted by atomic mass is 31.2. The monoisotopic (exact) mass is 1460 g/mol. The summed E-state index contributed by atoms with van der Waals surface area (Å²) < 4.78 is 61.1. The zero-order chi connectivity index (χ0) is 73.7. The van der Waals surface area contributed by atoms with Gasteiger partial charge in [0.15, 0.2) is 6.10 Å². The summed E-state index contributed by atoms with van der Waals surface area (Å²) >= 11 is 0. The van der Waals surface area contributed by atoms with Crippen molar-refractivity contribution in [3.63, 3.8) is 0 Å². The lowest BCUT2D eigenvalue weighted by molar-refractivity contribution is -0.161. The SMILES string of the molecule is CC/C=C\C/C=C\C/C=C\C/C=C\C/C=C\C/C=C\CCCCC(=O)OCC(COP(=O)(O)OCC(O)COP(=O)(O)OCC(O)COC(=O)CCCCCCCCCCCCCCCCC/C=C\C/C=C\C/C=C\C/C=C\CCCCC)OC(=O)CCCCCCCCCCCCCCC. The van der Waals surface area contributed by atoms with Gasteiger partial charge in [-0.05, 0) is 116 Å². The van der Waals surface area contributed by atoms with Crippen LogP contribution in [-0.4, -0.2) is 95.9 Å². The van der Waals surface area contributed by atoms with Gasteiger partial charge in [0.25, 0.3) is 0 Å². The van der Waals surface area contributed by atoms with Crippen molar-refractivity contribution < 1.29 is 75.8 Å². The molecule has 0 saturated heterocycles. The summed E-state index contributed by atoms with van der Waals surface area (Å²) in [6.07, 6.45) is 89.8. The number of aliphatic hydroxyl groups is 2. The quantitative estimate of drug-likeness (QED) is 0.0146. The van der Waals surface area contributed by atoms with Crippen molar-refractivity contribution in [2.24, 2.45) is 0 Å². The first-order valence-electron chi connectivity index (χ1n) is 39.8. The number of rotatable bonds is 75. The van der Waals surface area contributed by atoms with Gasteiger partial charge in [-0.15, -0.1) is 0 Å². The predicted octanol–water partition coefficient (Wildman–Crippen LogP) is 23.3. The van der Waals surface area contributed by atoms with Gasteiger partial charge in [-0.3, -0.25) is 32.5 Å². The average Bonchev–Trinajstić information content (AvgIpc) is 0.935. The van der Waals surface area contributed by atoms with E-state index in [2.05, 4.69) is 142 Å². The first-order chi connectivity index (χ1) is 49.2. The Hall–Kier alpha value is -4.05. The van der Waals surface area contributed by atoms with Crippen LogP contribution in [0.2, 0.25) is 0 Å². The summed E-state index contributed by atoms with van der Waals surface area (Å²) in [6.45, 7) is 2.51. The molecule has 4 N–H and O–H groups in total. The fraction of sp³-hybridized carbons (Fsp3) is 0.723. The molecule has 0 aliphatic carbocycles. The normalized spacial score (nSPS) is 14.6. The van der Waals surface area contributed by atoms with Gasteiger partial charge in [0, 0.05) is 19.3 Å². The van der Waals surface area contributed by atoms with Gasteiger partial charge >= 0.3 is 33.6 Å². The number of unbranched alkanes of at least 4 members (excludes halogenated alkanes) is 32. The van der Waals surface area contributed by atoms with E-state index in [0.29, 0.717) is 19.3 Å². The highest BCUT2D eigenvalue weighted by molar-refractivity contribution is 7.47. The van der Waals surface area contributed by atoms with Crippen LogP contribution in [0.15, 0.2) is 122 Å². The Kier molecular flexibility index (Phi) is 72.6. The number of hydrogen-bond acceptors (Lipinski definition) is 14. The van der Waals surface area contributed by atoms with Gasteiger partial charge in [-0.2, -0.15) is 0 Å². The van der Waals surface area contributed by atoms with Gasteiger partial charge in [0.1, 0.15) is 25.4 Å². The number of aliphatic hydroxyl groups excluding tert-OH is 2. The fourth-order valence-corrected chi connectivity index (χ4v) is 12.2. The molecular weight excluding hydrogens is 1310 g/mol. The molecule has 0 rings (SSSR count). The summed E-state index contributed by atoms with van der Waals surface area (Å²) in [5.41, 5.74) is 0. The standard InChI is InChI=1S/C83H144O16P2/c1-4-7-10-13-16-19-22-25-27-29-31-33-34-35-36-37-38-39-40-41-42-44-46-47-49-52-54-57-60-63-66-69-81(86)93-72-78(84)73-95-100(89,90)96-74-79(85)75-97-101(91,92)98-77-80(99-83(88)71-68-65-62-59-56-51-24-21-18-15-12-9-6-3)76-94-82(87)70-67-64-61-58-55-53-50-48-45-43-32-30-28-26-23-20-17-14-11-8-5-2/h8,11,16-17,19-20,25-28,31-33,35-36,43,48,50,55,58,78-80,84-85H,4-7,9-10,12-15,18,21-24,29-30,34,37-42,44-47,49,51-54,56-57,59-77H2,1-3H3,(H,89,90)(H,91,92)/b11-8-,19-16-,20-17-,27-25-,28-26-,33-31-,36-35-,43-32-,50-48-,58-55-. The van der Waals surface area contributed by atoms with Gasteiger partial charge in [-0.1, -0.05) is 316 Å². The summed E-state index contributed by atoms with van der Waals surface area (Å²) in [5, 5.41) is 20.6. The molecule has 0 aromatic heterocycles. The molecule has 0 fully saturated rings. The predicted molar refractivity (Wildman–Crippen MR) is 417 cm³/mol. The van der Waals surface area contributed by atoms with Crippen molar-refractivity contribution >= 4 is 33.6 Å². The lowest BCUT2D eigenvalue weighted by Crippen LogP contribution is -2.30. The zero-order valence-electron chi connectivity index (χ0n) is 63.5. The summed E-state index contributed by atoms with van der Waals surface area (Å²) in [7, 11) is -9.80. The molecule has 18 heteroatoms. The Bertz CT molecular complexity index is 2320. The van der Waals surface area contributed by atoms with Crippen LogP contribution < -0.4 is 0 Å². The van der Waals surface area contributed by atoms with E-state index in [4.69, 9.17) is 32.3 Å². The van der Waals surface area contributed by atoms with Crippen molar-refractivity contribution in [2.75, 3.05) is 39.6 Å². The maximum atomic E-state index is 12.9. The molecule has 0 bridgehead atoms. The van der Waals surface area contributed by atoms with E-state index in [1.165, 1.54) is 154 Å². The summed E-state index contributed by atoms with van der Waals surface area (Å²) in [6, 6.07) is 0. The van der Waals surface area contributed by atoms with E-state index in [0.717, 1.165) is 116 Å². The minimum atomic E-state index is -4.94. The van der Waals surface area contributed by atoms with Gasteiger partial charge in [0.05, 0.1) is 26.4 Å². The molecule has 0 aromatic rings. The molecule has 0 heterocycles. The van der Waals surface area contributed by atoms with Crippen LogP contribution in [0.25, 0.3) is 0 Å². The van der Waals surface area contributed by atoms with E-state index in [1.807, 2.05) is 0 Å². The van der Waals surface area contributed by atoms with Crippen LogP contribution in [0.5, 0.6) is 0 Å². The summed E-state index contributed by atoms with van der Waals surface area (Å²) in [5.74, 6) is -1.62.